The molecule has 2 atom stereocenters. The molecule has 0 N–H and O–H groups in total. The van der Waals surface area contributed by atoms with Gasteiger partial charge in [-0.1, -0.05) is 19.4 Å². The summed E-state index contributed by atoms with van der Waals surface area (Å²) in [6, 6.07) is 9.39. The van der Waals surface area contributed by atoms with E-state index in [1.165, 1.54) is 0 Å². The zero-order valence-corrected chi connectivity index (χ0v) is 14.7. The van der Waals surface area contributed by atoms with Gasteiger partial charge in [0.25, 0.3) is 5.91 Å². The minimum atomic E-state index is 0.0107. The van der Waals surface area contributed by atoms with Crippen LogP contribution in [0.1, 0.15) is 18.9 Å². The fourth-order valence-corrected chi connectivity index (χ4v) is 3.67. The van der Waals surface area contributed by atoms with Gasteiger partial charge in [-0.3, -0.25) is 9.69 Å². The van der Waals surface area contributed by atoms with E-state index in [9.17, 15) is 4.79 Å². The first-order chi connectivity index (χ1) is 12.2. The van der Waals surface area contributed by atoms with Crippen molar-refractivity contribution in [2.45, 2.75) is 19.4 Å². The second kappa shape index (κ2) is 8.32. The van der Waals surface area contributed by atoms with Crippen LogP contribution < -0.4 is 4.74 Å². The summed E-state index contributed by atoms with van der Waals surface area (Å²) < 4.78 is 11.0. The van der Waals surface area contributed by atoms with Gasteiger partial charge in [0.15, 0.2) is 6.61 Å². The minimum absolute atomic E-state index is 0.0107. The molecular weight excluding hydrogens is 318 g/mol. The average Bonchev–Trinajstić information content (AvgIpc) is 3.11. The molecule has 0 saturated carbocycles. The Hall–Kier alpha value is -2.10. The van der Waals surface area contributed by atoms with E-state index in [-0.39, 0.29) is 12.5 Å². The number of carbonyl (C=O) groups excluding carboxylic acids is 1. The van der Waals surface area contributed by atoms with Gasteiger partial charge in [0.2, 0.25) is 0 Å². The van der Waals surface area contributed by atoms with Crippen molar-refractivity contribution < 1.29 is 14.3 Å². The number of amides is 1. The molecule has 0 bridgehead atoms. The largest absolute Gasteiger partial charge is 0.484 e. The third kappa shape index (κ3) is 4.30. The van der Waals surface area contributed by atoms with E-state index < -0.39 is 0 Å². The first-order valence-corrected chi connectivity index (χ1v) is 8.93. The fourth-order valence-electron chi connectivity index (χ4n) is 3.67. The maximum atomic E-state index is 12.6. The zero-order chi connectivity index (χ0) is 17.6. The van der Waals surface area contributed by atoms with Crippen molar-refractivity contribution >= 4 is 5.91 Å². The Balaban J connectivity index is 1.56. The molecule has 6 nitrogen and oxygen atoms in total. The lowest BCUT2D eigenvalue weighted by atomic mass is 9.99. The Morgan fingerprint density at radius 2 is 2.16 bits per heavy atom. The van der Waals surface area contributed by atoms with Crippen LogP contribution in [0, 0.1) is 17.2 Å². The Bertz CT molecular complexity index is 637. The summed E-state index contributed by atoms with van der Waals surface area (Å²) in [5.41, 5.74) is 0.532. The molecule has 2 heterocycles. The molecule has 134 valence electrons. The zero-order valence-electron chi connectivity index (χ0n) is 14.7. The number of hydrogen-bond donors (Lipinski definition) is 0. The number of hydrogen-bond acceptors (Lipinski definition) is 5. The molecule has 2 aliphatic heterocycles. The predicted molar refractivity (Wildman–Crippen MR) is 93.2 cm³/mol. The summed E-state index contributed by atoms with van der Waals surface area (Å²) in [7, 11) is 0. The predicted octanol–water partition coefficient (Wildman–Crippen LogP) is 1.51. The molecule has 1 amide bonds. The number of ether oxygens (including phenoxy) is 2. The fraction of sp³-hybridized carbons (Fsp3) is 0.579. The van der Waals surface area contributed by atoms with E-state index in [1.807, 2.05) is 4.90 Å². The van der Waals surface area contributed by atoms with E-state index in [0.717, 1.165) is 45.8 Å². The highest BCUT2D eigenvalue weighted by Crippen LogP contribution is 2.26. The number of benzene rings is 1. The Labute approximate surface area is 148 Å². The molecule has 0 aromatic heterocycles. The van der Waals surface area contributed by atoms with Gasteiger partial charge in [-0.25, -0.2) is 0 Å². The summed E-state index contributed by atoms with van der Waals surface area (Å²) in [6.07, 6.45) is 1.07. The van der Waals surface area contributed by atoms with Gasteiger partial charge >= 0.3 is 0 Å². The molecule has 25 heavy (non-hydrogen) atoms. The van der Waals surface area contributed by atoms with Crippen LogP contribution in [0.4, 0.5) is 0 Å². The molecule has 0 spiro atoms. The van der Waals surface area contributed by atoms with Crippen LogP contribution in [0.15, 0.2) is 24.3 Å². The number of carbonyl (C=O) groups is 1. The molecule has 6 heteroatoms. The van der Waals surface area contributed by atoms with Gasteiger partial charge in [0, 0.05) is 32.2 Å². The highest BCUT2D eigenvalue weighted by molar-refractivity contribution is 5.78. The van der Waals surface area contributed by atoms with E-state index in [4.69, 9.17) is 14.7 Å². The van der Waals surface area contributed by atoms with Crippen LogP contribution in [0.5, 0.6) is 5.75 Å². The number of likely N-dealkylation sites (tertiary alicyclic amines) is 1. The molecule has 0 aliphatic carbocycles. The first kappa shape index (κ1) is 17.7. The van der Waals surface area contributed by atoms with Crippen molar-refractivity contribution in [1.82, 2.24) is 9.80 Å². The monoisotopic (exact) mass is 343 g/mol. The lowest BCUT2D eigenvalue weighted by molar-refractivity contribution is -0.132. The second-order valence-electron chi connectivity index (χ2n) is 6.61. The van der Waals surface area contributed by atoms with Crippen LogP contribution >= 0.6 is 0 Å². The molecule has 0 unspecified atom stereocenters. The normalized spacial score (nSPS) is 24.1. The molecule has 0 radical (unpaired) electrons. The van der Waals surface area contributed by atoms with Crippen molar-refractivity contribution in [3.63, 3.8) is 0 Å². The summed E-state index contributed by atoms with van der Waals surface area (Å²) in [5, 5.41) is 8.93. The number of nitrogens with zero attached hydrogens (tertiary/aromatic N) is 3. The van der Waals surface area contributed by atoms with E-state index in [1.54, 1.807) is 24.3 Å². The van der Waals surface area contributed by atoms with E-state index >= 15 is 0 Å². The highest BCUT2D eigenvalue weighted by atomic mass is 16.5. The number of morpholine rings is 1. The SMILES string of the molecule is CC[C@@H]1CN(C(=O)COc2cccc(C#N)c2)C[C@@H]1N1CCOCC1. The third-order valence-corrected chi connectivity index (χ3v) is 5.12. The van der Waals surface area contributed by atoms with Gasteiger partial charge < -0.3 is 14.4 Å². The average molecular weight is 343 g/mol. The maximum absolute atomic E-state index is 12.6. The molecular formula is C19H25N3O3. The van der Waals surface area contributed by atoms with Crippen LogP contribution in [0.25, 0.3) is 0 Å². The quantitative estimate of drug-likeness (QED) is 0.811. The topological polar surface area (TPSA) is 65.8 Å². The Morgan fingerprint density at radius 3 is 2.88 bits per heavy atom. The Kier molecular flexibility index (Phi) is 5.90. The molecule has 2 aliphatic rings. The van der Waals surface area contributed by atoms with Gasteiger partial charge in [-0.05, 0) is 24.1 Å². The van der Waals surface area contributed by atoms with Crippen LogP contribution in [-0.2, 0) is 9.53 Å². The summed E-state index contributed by atoms with van der Waals surface area (Å²) in [5.74, 6) is 1.07. The van der Waals surface area contributed by atoms with Crippen molar-refractivity contribution in [2.75, 3.05) is 46.0 Å². The van der Waals surface area contributed by atoms with Crippen molar-refractivity contribution in [1.29, 1.82) is 5.26 Å². The van der Waals surface area contributed by atoms with Gasteiger partial charge in [0.05, 0.1) is 24.8 Å². The standard InChI is InChI=1S/C19H25N3O3/c1-2-16-12-22(13-18(16)21-6-8-24-9-7-21)19(23)14-25-17-5-3-4-15(10-17)11-20/h3-5,10,16,18H,2,6-9,12-14H2,1H3/t16-,18+/m1/s1. The molecule has 1 aromatic carbocycles. The lowest BCUT2D eigenvalue weighted by Gasteiger charge is -2.34. The third-order valence-electron chi connectivity index (χ3n) is 5.12. The molecule has 3 rings (SSSR count). The number of nitriles is 1. The lowest BCUT2D eigenvalue weighted by Crippen LogP contribution is -2.47. The highest BCUT2D eigenvalue weighted by Gasteiger charge is 2.38. The summed E-state index contributed by atoms with van der Waals surface area (Å²) in [4.78, 5) is 16.9. The van der Waals surface area contributed by atoms with Crippen molar-refractivity contribution in [2.24, 2.45) is 5.92 Å². The summed E-state index contributed by atoms with van der Waals surface area (Å²) in [6.45, 7) is 7.20. The molecule has 1 aromatic rings. The van der Waals surface area contributed by atoms with Gasteiger partial charge in [-0.15, -0.1) is 0 Å². The second-order valence-corrected chi connectivity index (χ2v) is 6.61. The Morgan fingerprint density at radius 1 is 1.36 bits per heavy atom. The maximum Gasteiger partial charge on any atom is 0.260 e. The van der Waals surface area contributed by atoms with Crippen LogP contribution in [0.2, 0.25) is 0 Å². The smallest absolute Gasteiger partial charge is 0.260 e. The van der Waals surface area contributed by atoms with E-state index in [0.29, 0.717) is 23.3 Å². The van der Waals surface area contributed by atoms with Crippen molar-refractivity contribution in [3.8, 4) is 11.8 Å². The molecule has 2 fully saturated rings. The van der Waals surface area contributed by atoms with Gasteiger partial charge in [0.1, 0.15) is 5.75 Å². The van der Waals surface area contributed by atoms with E-state index in [2.05, 4.69) is 17.9 Å². The first-order valence-electron chi connectivity index (χ1n) is 8.93. The summed E-state index contributed by atoms with van der Waals surface area (Å²) >= 11 is 0. The molecule has 2 saturated heterocycles. The number of rotatable bonds is 5. The van der Waals surface area contributed by atoms with Crippen LogP contribution in [0.3, 0.4) is 0 Å². The van der Waals surface area contributed by atoms with Crippen molar-refractivity contribution in [3.05, 3.63) is 29.8 Å². The van der Waals surface area contributed by atoms with Crippen LogP contribution in [-0.4, -0.2) is 67.7 Å². The van der Waals surface area contributed by atoms with Gasteiger partial charge in [-0.2, -0.15) is 5.26 Å². The minimum Gasteiger partial charge on any atom is -0.484 e.